The number of hydrogen-bond acceptors (Lipinski definition) is 2. The van der Waals surface area contributed by atoms with Crippen LogP contribution in [0.15, 0.2) is 66.9 Å². The monoisotopic (exact) mass is 390 g/mol. The average molecular weight is 390 g/mol. The van der Waals surface area contributed by atoms with E-state index in [4.69, 9.17) is 4.74 Å². The molecule has 0 atom stereocenters. The van der Waals surface area contributed by atoms with Gasteiger partial charge in [-0.15, -0.1) is 0 Å². The minimum absolute atomic E-state index is 0.283. The molecule has 4 nitrogen and oxygen atoms in total. The maximum Gasteiger partial charge on any atom is 0.354 e. The van der Waals surface area contributed by atoms with Gasteiger partial charge in [-0.1, -0.05) is 38.1 Å². The number of ether oxygens (including phenoxy) is 1. The summed E-state index contributed by atoms with van der Waals surface area (Å²) in [6.45, 7) is 4.88. The molecule has 148 valence electrons. The Balaban J connectivity index is 1.79. The predicted molar refractivity (Wildman–Crippen MR) is 112 cm³/mol. The third-order valence-corrected chi connectivity index (χ3v) is 5.24. The van der Waals surface area contributed by atoms with Gasteiger partial charge in [0, 0.05) is 18.4 Å². The molecule has 0 aliphatic rings. The Morgan fingerprint density at radius 1 is 1.00 bits per heavy atom. The van der Waals surface area contributed by atoms with Crippen LogP contribution in [0, 0.1) is 5.82 Å². The van der Waals surface area contributed by atoms with Crippen molar-refractivity contribution in [1.82, 2.24) is 9.13 Å². The predicted octanol–water partition coefficient (Wildman–Crippen LogP) is 5.53. The first kappa shape index (κ1) is 19.0. The van der Waals surface area contributed by atoms with Crippen LogP contribution in [0.4, 0.5) is 4.39 Å². The van der Waals surface area contributed by atoms with E-state index in [0.717, 1.165) is 22.3 Å². The highest BCUT2D eigenvalue weighted by Crippen LogP contribution is 2.27. The van der Waals surface area contributed by atoms with E-state index in [1.165, 1.54) is 24.8 Å². The van der Waals surface area contributed by atoms with Crippen molar-refractivity contribution in [2.45, 2.75) is 26.3 Å². The standard InChI is InChI=1S/C24H23FN2O2/c1-16(2)18-6-4-17(5-7-18)15-27-21-12-13-26(20-10-8-19(25)9-11-20)22(21)14-23(27)24(28)29-3/h4-14,16H,15H2,1-3H3. The highest BCUT2D eigenvalue weighted by molar-refractivity contribution is 5.95. The zero-order valence-corrected chi connectivity index (χ0v) is 16.7. The summed E-state index contributed by atoms with van der Waals surface area (Å²) in [5.74, 6) is -0.196. The lowest BCUT2D eigenvalue weighted by atomic mass is 10.0. The lowest BCUT2D eigenvalue weighted by molar-refractivity contribution is 0.0589. The number of aromatic nitrogens is 2. The topological polar surface area (TPSA) is 36.2 Å². The molecule has 4 rings (SSSR count). The molecular weight excluding hydrogens is 367 g/mol. The lowest BCUT2D eigenvalue weighted by Gasteiger charge is -2.11. The molecule has 0 spiro atoms. The number of fused-ring (bicyclic) bond motifs is 1. The second kappa shape index (κ2) is 7.59. The number of carbonyl (C=O) groups is 1. The number of benzene rings is 2. The summed E-state index contributed by atoms with van der Waals surface area (Å²) in [4.78, 5) is 12.4. The molecule has 4 aromatic rings. The molecule has 0 N–H and O–H groups in total. The SMILES string of the molecule is COC(=O)c1cc2c(ccn2-c2ccc(F)cc2)n1Cc1ccc(C(C)C)cc1. The van der Waals surface area contributed by atoms with Gasteiger partial charge >= 0.3 is 5.97 Å². The number of halogens is 1. The van der Waals surface area contributed by atoms with Crippen LogP contribution in [-0.2, 0) is 11.3 Å². The summed E-state index contributed by atoms with van der Waals surface area (Å²) >= 11 is 0. The maximum absolute atomic E-state index is 13.3. The first-order valence-electron chi connectivity index (χ1n) is 9.61. The van der Waals surface area contributed by atoms with Crippen molar-refractivity contribution >= 4 is 17.0 Å². The van der Waals surface area contributed by atoms with Gasteiger partial charge in [0.1, 0.15) is 11.5 Å². The average Bonchev–Trinajstić information content (AvgIpc) is 3.29. The van der Waals surface area contributed by atoms with Crippen molar-refractivity contribution in [2.24, 2.45) is 0 Å². The third kappa shape index (κ3) is 3.56. The van der Waals surface area contributed by atoms with Crippen molar-refractivity contribution in [1.29, 1.82) is 0 Å². The van der Waals surface area contributed by atoms with Gasteiger partial charge in [-0.25, -0.2) is 9.18 Å². The van der Waals surface area contributed by atoms with Gasteiger partial charge in [-0.2, -0.15) is 0 Å². The van der Waals surface area contributed by atoms with E-state index in [1.54, 1.807) is 12.1 Å². The zero-order chi connectivity index (χ0) is 20.5. The van der Waals surface area contributed by atoms with Crippen LogP contribution in [-0.4, -0.2) is 22.2 Å². The minimum Gasteiger partial charge on any atom is -0.464 e. The van der Waals surface area contributed by atoms with Crippen LogP contribution in [0.25, 0.3) is 16.7 Å². The summed E-state index contributed by atoms with van der Waals surface area (Å²) in [7, 11) is 1.38. The molecule has 29 heavy (non-hydrogen) atoms. The zero-order valence-electron chi connectivity index (χ0n) is 16.7. The fourth-order valence-corrected chi connectivity index (χ4v) is 3.60. The van der Waals surface area contributed by atoms with Gasteiger partial charge < -0.3 is 13.9 Å². The summed E-state index contributed by atoms with van der Waals surface area (Å²) in [6, 6.07) is 18.5. The fraction of sp³-hybridized carbons (Fsp3) is 0.208. The van der Waals surface area contributed by atoms with E-state index in [0.29, 0.717) is 18.2 Å². The summed E-state index contributed by atoms with van der Waals surface area (Å²) in [5.41, 5.74) is 5.49. The van der Waals surface area contributed by atoms with Crippen molar-refractivity contribution in [3.05, 3.63) is 89.5 Å². The van der Waals surface area contributed by atoms with E-state index >= 15 is 0 Å². The van der Waals surface area contributed by atoms with E-state index in [1.807, 2.05) is 27.5 Å². The Hall–Kier alpha value is -3.34. The van der Waals surface area contributed by atoms with E-state index < -0.39 is 0 Å². The van der Waals surface area contributed by atoms with Crippen LogP contribution in [0.5, 0.6) is 0 Å². The fourth-order valence-electron chi connectivity index (χ4n) is 3.60. The maximum atomic E-state index is 13.3. The third-order valence-electron chi connectivity index (χ3n) is 5.24. The summed E-state index contributed by atoms with van der Waals surface area (Å²) in [6.07, 6.45) is 1.93. The molecule has 0 amide bonds. The Bertz CT molecular complexity index is 1150. The minimum atomic E-state index is -0.384. The van der Waals surface area contributed by atoms with Crippen LogP contribution in [0.1, 0.15) is 41.4 Å². The van der Waals surface area contributed by atoms with E-state index in [9.17, 15) is 9.18 Å². The number of carbonyl (C=O) groups excluding carboxylic acids is 1. The van der Waals surface area contributed by atoms with Crippen molar-refractivity contribution in [2.75, 3.05) is 7.11 Å². The molecule has 5 heteroatoms. The van der Waals surface area contributed by atoms with Crippen molar-refractivity contribution in [3.8, 4) is 5.69 Å². The normalized spacial score (nSPS) is 11.3. The van der Waals surface area contributed by atoms with Gasteiger partial charge in [0.05, 0.1) is 18.1 Å². The number of rotatable bonds is 5. The lowest BCUT2D eigenvalue weighted by Crippen LogP contribution is -2.11. The quantitative estimate of drug-likeness (QED) is 0.420. The Kier molecular flexibility index (Phi) is 4.97. The second-order valence-electron chi connectivity index (χ2n) is 7.44. The molecule has 0 aliphatic carbocycles. The summed E-state index contributed by atoms with van der Waals surface area (Å²) in [5, 5.41) is 0. The number of esters is 1. The molecular formula is C24H23FN2O2. The molecule has 2 heterocycles. The van der Waals surface area contributed by atoms with Crippen molar-refractivity contribution in [3.63, 3.8) is 0 Å². The number of nitrogens with zero attached hydrogens (tertiary/aromatic N) is 2. The Labute approximate surface area is 169 Å². The molecule has 2 aromatic heterocycles. The molecule has 0 aliphatic heterocycles. The van der Waals surface area contributed by atoms with Gasteiger partial charge in [-0.3, -0.25) is 0 Å². The second-order valence-corrected chi connectivity index (χ2v) is 7.44. The Morgan fingerprint density at radius 2 is 1.69 bits per heavy atom. The molecule has 0 bridgehead atoms. The molecule has 0 saturated carbocycles. The van der Waals surface area contributed by atoms with Gasteiger partial charge in [0.25, 0.3) is 0 Å². The first-order chi connectivity index (χ1) is 14.0. The highest BCUT2D eigenvalue weighted by Gasteiger charge is 2.19. The van der Waals surface area contributed by atoms with Gasteiger partial charge in [-0.05, 0) is 53.4 Å². The molecule has 2 aromatic carbocycles. The molecule has 0 fully saturated rings. The van der Waals surface area contributed by atoms with Gasteiger partial charge in [0.2, 0.25) is 0 Å². The van der Waals surface area contributed by atoms with Crippen LogP contribution in [0.3, 0.4) is 0 Å². The smallest absolute Gasteiger partial charge is 0.354 e. The molecule has 0 saturated heterocycles. The molecule has 0 radical (unpaired) electrons. The van der Waals surface area contributed by atoms with E-state index in [-0.39, 0.29) is 11.8 Å². The van der Waals surface area contributed by atoms with Crippen LogP contribution >= 0.6 is 0 Å². The molecule has 0 unspecified atom stereocenters. The summed E-state index contributed by atoms with van der Waals surface area (Å²) < 4.78 is 22.2. The van der Waals surface area contributed by atoms with Gasteiger partial charge in [0.15, 0.2) is 0 Å². The Morgan fingerprint density at radius 3 is 2.31 bits per heavy atom. The largest absolute Gasteiger partial charge is 0.464 e. The number of methoxy groups -OCH3 is 1. The van der Waals surface area contributed by atoms with Crippen LogP contribution < -0.4 is 0 Å². The highest BCUT2D eigenvalue weighted by atomic mass is 19.1. The van der Waals surface area contributed by atoms with E-state index in [2.05, 4.69) is 38.1 Å². The first-order valence-corrected chi connectivity index (χ1v) is 9.61. The van der Waals surface area contributed by atoms with Crippen LogP contribution in [0.2, 0.25) is 0 Å². The van der Waals surface area contributed by atoms with Crippen molar-refractivity contribution < 1.29 is 13.9 Å². The number of hydrogen-bond donors (Lipinski definition) is 0.